The van der Waals surface area contributed by atoms with Crippen molar-refractivity contribution in [2.24, 2.45) is 0 Å². The summed E-state index contributed by atoms with van der Waals surface area (Å²) in [7, 11) is -4.38. The van der Waals surface area contributed by atoms with Gasteiger partial charge in [0.05, 0.1) is 4.90 Å². The van der Waals surface area contributed by atoms with Crippen LogP contribution in [0.25, 0.3) is 0 Å². The molecule has 5 nitrogen and oxygen atoms in total. The Balaban J connectivity index is 0.00000392. The first-order chi connectivity index (χ1) is 12.9. The van der Waals surface area contributed by atoms with E-state index in [-0.39, 0.29) is 40.2 Å². The van der Waals surface area contributed by atoms with Crippen molar-refractivity contribution >= 4 is 10.1 Å². The first-order valence-corrected chi connectivity index (χ1v) is 10.9. The SMILES string of the molecule is CCCCCCCCCc1cccc(Oc2cc(S(=O)(=O)O)ccc2[O-])c1.[Na+]. The fraction of sp³-hybridized carbons (Fsp3) is 0.429. The van der Waals surface area contributed by atoms with E-state index in [2.05, 4.69) is 6.92 Å². The molecule has 0 aliphatic rings. The van der Waals surface area contributed by atoms with E-state index in [1.807, 2.05) is 18.2 Å². The van der Waals surface area contributed by atoms with Crippen molar-refractivity contribution in [3.63, 3.8) is 0 Å². The Morgan fingerprint density at radius 3 is 2.32 bits per heavy atom. The van der Waals surface area contributed by atoms with Crippen molar-refractivity contribution in [1.29, 1.82) is 0 Å². The second kappa shape index (κ2) is 12.5. The number of ether oxygens (including phenoxy) is 1. The molecule has 0 spiro atoms. The van der Waals surface area contributed by atoms with Gasteiger partial charge in [0, 0.05) is 6.07 Å². The molecule has 0 aliphatic heterocycles. The number of benzene rings is 2. The average Bonchev–Trinajstić information content (AvgIpc) is 2.62. The van der Waals surface area contributed by atoms with Crippen molar-refractivity contribution in [3.05, 3.63) is 48.0 Å². The van der Waals surface area contributed by atoms with Crippen LogP contribution in [-0.4, -0.2) is 13.0 Å². The van der Waals surface area contributed by atoms with Crippen molar-refractivity contribution in [1.82, 2.24) is 0 Å². The summed E-state index contributed by atoms with van der Waals surface area (Å²) in [4.78, 5) is -0.365. The molecule has 1 N–H and O–H groups in total. The van der Waals surface area contributed by atoms with Crippen LogP contribution >= 0.6 is 0 Å². The molecule has 0 aromatic heterocycles. The second-order valence-electron chi connectivity index (χ2n) is 6.70. The molecule has 148 valence electrons. The zero-order valence-corrected chi connectivity index (χ0v) is 19.5. The normalized spacial score (nSPS) is 11.1. The van der Waals surface area contributed by atoms with Gasteiger partial charge in [0.25, 0.3) is 10.1 Å². The molecule has 28 heavy (non-hydrogen) atoms. The minimum Gasteiger partial charge on any atom is -0.870 e. The molecular weight excluding hydrogens is 387 g/mol. The number of aryl methyl sites for hydroxylation is 1. The summed E-state index contributed by atoms with van der Waals surface area (Å²) in [6.07, 6.45) is 9.62. The molecular formula is C21H27NaO5S. The molecule has 0 atom stereocenters. The molecule has 0 unspecified atom stereocenters. The molecule has 0 saturated carbocycles. The van der Waals surface area contributed by atoms with E-state index in [4.69, 9.17) is 9.29 Å². The van der Waals surface area contributed by atoms with E-state index in [9.17, 15) is 13.5 Å². The van der Waals surface area contributed by atoms with Crippen LogP contribution in [0.5, 0.6) is 17.2 Å². The van der Waals surface area contributed by atoms with Gasteiger partial charge in [-0.05, 0) is 36.6 Å². The van der Waals surface area contributed by atoms with E-state index in [0.29, 0.717) is 5.75 Å². The van der Waals surface area contributed by atoms with Crippen molar-refractivity contribution in [2.75, 3.05) is 0 Å². The van der Waals surface area contributed by atoms with Gasteiger partial charge in [0.1, 0.15) is 11.5 Å². The topological polar surface area (TPSA) is 86.7 Å². The monoisotopic (exact) mass is 414 g/mol. The van der Waals surface area contributed by atoms with E-state index in [0.717, 1.165) is 36.6 Å². The van der Waals surface area contributed by atoms with Crippen molar-refractivity contribution < 1.29 is 52.4 Å². The summed E-state index contributed by atoms with van der Waals surface area (Å²) in [5, 5.41) is 11.9. The third-order valence-corrected chi connectivity index (χ3v) is 5.26. The van der Waals surface area contributed by atoms with E-state index in [1.54, 1.807) is 6.07 Å². The molecule has 2 aromatic carbocycles. The molecule has 0 radical (unpaired) electrons. The zero-order valence-electron chi connectivity index (χ0n) is 16.7. The number of hydrogen-bond acceptors (Lipinski definition) is 4. The van der Waals surface area contributed by atoms with E-state index in [1.165, 1.54) is 38.5 Å². The Labute approximate surface area is 190 Å². The summed E-state index contributed by atoms with van der Waals surface area (Å²) >= 11 is 0. The quantitative estimate of drug-likeness (QED) is 0.346. The van der Waals surface area contributed by atoms with Crippen LogP contribution in [-0.2, 0) is 16.5 Å². The predicted octanol–water partition coefficient (Wildman–Crippen LogP) is 2.10. The Bertz CT molecular complexity index is 836. The van der Waals surface area contributed by atoms with Crippen LogP contribution in [0.15, 0.2) is 47.4 Å². The summed E-state index contributed by atoms with van der Waals surface area (Å²) in [5.41, 5.74) is 1.11. The minimum absolute atomic E-state index is 0. The number of hydrogen-bond donors (Lipinski definition) is 1. The fourth-order valence-electron chi connectivity index (χ4n) is 2.91. The maximum atomic E-state index is 11.9. The molecule has 0 amide bonds. The van der Waals surface area contributed by atoms with Gasteiger partial charge in [-0.2, -0.15) is 8.42 Å². The van der Waals surface area contributed by atoms with Crippen molar-refractivity contribution in [3.8, 4) is 17.2 Å². The van der Waals surface area contributed by atoms with Crippen LogP contribution < -0.4 is 39.4 Å². The van der Waals surface area contributed by atoms with E-state index < -0.39 is 15.9 Å². The van der Waals surface area contributed by atoms with Gasteiger partial charge in [0.15, 0.2) is 0 Å². The standard InChI is InChI=1S/C21H28O5S.Na/c1-2-3-4-5-6-7-8-10-17-11-9-12-18(15-17)26-21-16-19(27(23,24)25)13-14-20(21)22;/h9,11-16,22H,2-8,10H2,1H3,(H,23,24,25);/q;+1/p-1. The summed E-state index contributed by atoms with van der Waals surface area (Å²) in [5.74, 6) is -0.0990. The van der Waals surface area contributed by atoms with Crippen LogP contribution in [0.2, 0.25) is 0 Å². The van der Waals surface area contributed by atoms with Gasteiger partial charge in [-0.15, -0.1) is 0 Å². The maximum absolute atomic E-state index is 11.9. The zero-order chi connectivity index (χ0) is 19.7. The summed E-state index contributed by atoms with van der Waals surface area (Å²) in [6, 6.07) is 10.6. The molecule has 7 heteroatoms. The Morgan fingerprint density at radius 2 is 1.64 bits per heavy atom. The van der Waals surface area contributed by atoms with Gasteiger partial charge < -0.3 is 9.84 Å². The predicted molar refractivity (Wildman–Crippen MR) is 104 cm³/mol. The van der Waals surface area contributed by atoms with Crippen LogP contribution in [0, 0.1) is 0 Å². The molecule has 2 rings (SSSR count). The Kier molecular flexibility index (Phi) is 11.2. The molecule has 0 bridgehead atoms. The first kappa shape index (κ1) is 25.0. The van der Waals surface area contributed by atoms with Gasteiger partial charge >= 0.3 is 29.6 Å². The van der Waals surface area contributed by atoms with Crippen LogP contribution in [0.4, 0.5) is 0 Å². The van der Waals surface area contributed by atoms with Gasteiger partial charge in [-0.25, -0.2) is 0 Å². The molecule has 0 fully saturated rings. The van der Waals surface area contributed by atoms with Gasteiger partial charge in [-0.1, -0.05) is 69.4 Å². The number of rotatable bonds is 11. The second-order valence-corrected chi connectivity index (χ2v) is 8.13. The molecule has 0 heterocycles. The maximum Gasteiger partial charge on any atom is 1.00 e. The third kappa shape index (κ3) is 8.53. The molecule has 0 saturated heterocycles. The minimum atomic E-state index is -4.38. The Morgan fingerprint density at radius 1 is 0.964 bits per heavy atom. The largest absolute Gasteiger partial charge is 1.00 e. The van der Waals surface area contributed by atoms with E-state index >= 15 is 0 Å². The van der Waals surface area contributed by atoms with Crippen LogP contribution in [0.1, 0.15) is 57.4 Å². The Hall–Kier alpha value is -1.05. The van der Waals surface area contributed by atoms with Gasteiger partial charge in [-0.3, -0.25) is 4.55 Å². The molecule has 2 aromatic rings. The van der Waals surface area contributed by atoms with Crippen LogP contribution in [0.3, 0.4) is 0 Å². The number of unbranched alkanes of at least 4 members (excludes halogenated alkanes) is 6. The summed E-state index contributed by atoms with van der Waals surface area (Å²) < 4.78 is 37.1. The average molecular weight is 414 g/mol. The summed E-state index contributed by atoms with van der Waals surface area (Å²) in [6.45, 7) is 2.21. The van der Waals surface area contributed by atoms with Gasteiger partial charge in [0.2, 0.25) is 0 Å². The fourth-order valence-corrected chi connectivity index (χ4v) is 3.40. The first-order valence-electron chi connectivity index (χ1n) is 9.45. The van der Waals surface area contributed by atoms with Crippen molar-refractivity contribution in [2.45, 2.75) is 63.2 Å². The smallest absolute Gasteiger partial charge is 0.870 e. The molecule has 0 aliphatic carbocycles. The third-order valence-electron chi connectivity index (χ3n) is 4.41.